The Bertz CT molecular complexity index is 747. The average Bonchev–Trinajstić information content (AvgIpc) is 2.55. The van der Waals surface area contributed by atoms with Gasteiger partial charge in [0.2, 0.25) is 5.78 Å². The number of carbonyl (C=O) groups excluding carboxylic acids is 2. The smallest absolute Gasteiger partial charge is 0.338 e. The van der Waals surface area contributed by atoms with Crippen LogP contribution in [0.4, 0.5) is 0 Å². The van der Waals surface area contributed by atoms with Gasteiger partial charge in [-0.05, 0) is 61.7 Å². The van der Waals surface area contributed by atoms with Gasteiger partial charge in [-0.15, -0.1) is 0 Å². The van der Waals surface area contributed by atoms with Gasteiger partial charge in [-0.1, -0.05) is 12.1 Å². The third-order valence-electron chi connectivity index (χ3n) is 3.78. The maximum absolute atomic E-state index is 12.3. The molecule has 0 aliphatic rings. The van der Waals surface area contributed by atoms with E-state index in [1.807, 2.05) is 32.9 Å². The summed E-state index contributed by atoms with van der Waals surface area (Å²) in [7, 11) is 1.52. The topological polar surface area (TPSA) is 52.6 Å². The van der Waals surface area contributed by atoms with Crippen molar-refractivity contribution in [2.24, 2.45) is 0 Å². The van der Waals surface area contributed by atoms with E-state index in [-0.39, 0.29) is 12.4 Å². The fraction of sp³-hybridized carbons (Fsp3) is 0.263. The predicted octanol–water partition coefficient (Wildman–Crippen LogP) is 3.66. The number of benzene rings is 2. The van der Waals surface area contributed by atoms with E-state index in [9.17, 15) is 9.59 Å². The van der Waals surface area contributed by atoms with Crippen LogP contribution in [0.1, 0.15) is 37.4 Å². The molecule has 23 heavy (non-hydrogen) atoms. The summed E-state index contributed by atoms with van der Waals surface area (Å²) < 4.78 is 10.2. The average molecular weight is 312 g/mol. The van der Waals surface area contributed by atoms with Crippen LogP contribution >= 0.6 is 0 Å². The van der Waals surface area contributed by atoms with Crippen LogP contribution in [0.15, 0.2) is 36.4 Å². The molecule has 120 valence electrons. The fourth-order valence-corrected chi connectivity index (χ4v) is 2.30. The molecule has 2 aromatic rings. The van der Waals surface area contributed by atoms with Crippen molar-refractivity contribution in [3.63, 3.8) is 0 Å². The highest BCUT2D eigenvalue weighted by molar-refractivity contribution is 6.00. The molecule has 0 saturated carbocycles. The fourth-order valence-electron chi connectivity index (χ4n) is 2.30. The Kier molecular flexibility index (Phi) is 5.16. The molecule has 0 aliphatic heterocycles. The first kappa shape index (κ1) is 16.7. The Morgan fingerprint density at radius 3 is 2.35 bits per heavy atom. The molecular weight excluding hydrogens is 292 g/mol. The minimum atomic E-state index is -0.543. The maximum Gasteiger partial charge on any atom is 0.338 e. The molecule has 2 aromatic carbocycles. The number of hydrogen-bond donors (Lipinski definition) is 0. The molecule has 0 N–H and O–H groups in total. The van der Waals surface area contributed by atoms with E-state index in [0.29, 0.717) is 16.9 Å². The molecule has 0 heterocycles. The van der Waals surface area contributed by atoms with Crippen molar-refractivity contribution in [3.8, 4) is 5.75 Å². The Hall–Kier alpha value is -2.62. The van der Waals surface area contributed by atoms with E-state index in [1.54, 1.807) is 24.3 Å². The van der Waals surface area contributed by atoms with E-state index in [0.717, 1.165) is 16.7 Å². The third kappa shape index (κ3) is 3.97. The lowest BCUT2D eigenvalue weighted by molar-refractivity contribution is 0.0474. The zero-order valence-corrected chi connectivity index (χ0v) is 13.8. The first-order chi connectivity index (χ1) is 10.9. The van der Waals surface area contributed by atoms with Crippen LogP contribution in [0.2, 0.25) is 0 Å². The molecule has 0 amide bonds. The SMILES string of the molecule is COc1cccc(C(=O)OCC(=O)c2cc(C)c(C)cc2C)c1. The summed E-state index contributed by atoms with van der Waals surface area (Å²) in [6.07, 6.45) is 0. The number of ether oxygens (including phenoxy) is 2. The number of carbonyl (C=O) groups is 2. The lowest BCUT2D eigenvalue weighted by atomic mass is 9.98. The first-order valence-corrected chi connectivity index (χ1v) is 7.34. The van der Waals surface area contributed by atoms with E-state index < -0.39 is 5.97 Å². The van der Waals surface area contributed by atoms with Crippen molar-refractivity contribution in [3.05, 3.63) is 64.2 Å². The number of aryl methyl sites for hydroxylation is 3. The molecule has 0 saturated heterocycles. The number of esters is 1. The standard InChI is InChI=1S/C19H20O4/c1-12-8-14(3)17(9-13(12)2)18(20)11-23-19(21)15-6-5-7-16(10-15)22-4/h5-10H,11H2,1-4H3. The number of methoxy groups -OCH3 is 1. The molecule has 0 unspecified atom stereocenters. The van der Waals surface area contributed by atoms with E-state index >= 15 is 0 Å². The molecule has 2 rings (SSSR count). The predicted molar refractivity (Wildman–Crippen MR) is 88.3 cm³/mol. The van der Waals surface area contributed by atoms with Crippen LogP contribution in [0.25, 0.3) is 0 Å². The van der Waals surface area contributed by atoms with Crippen LogP contribution in [0.5, 0.6) is 5.75 Å². The number of Topliss-reactive ketones (excluding diaryl/α,β-unsaturated/α-hetero) is 1. The molecule has 0 aliphatic carbocycles. The van der Waals surface area contributed by atoms with Crippen molar-refractivity contribution in [1.82, 2.24) is 0 Å². The minimum absolute atomic E-state index is 0.207. The van der Waals surface area contributed by atoms with Crippen molar-refractivity contribution < 1.29 is 19.1 Å². The van der Waals surface area contributed by atoms with E-state index in [4.69, 9.17) is 9.47 Å². The van der Waals surface area contributed by atoms with Crippen LogP contribution in [0, 0.1) is 20.8 Å². The zero-order valence-electron chi connectivity index (χ0n) is 13.8. The number of rotatable bonds is 5. The van der Waals surface area contributed by atoms with Gasteiger partial charge in [0.25, 0.3) is 0 Å². The third-order valence-corrected chi connectivity index (χ3v) is 3.78. The molecule has 4 nitrogen and oxygen atoms in total. The summed E-state index contributed by atoms with van der Waals surface area (Å²) in [5.74, 6) is -0.184. The second-order valence-corrected chi connectivity index (χ2v) is 5.48. The van der Waals surface area contributed by atoms with E-state index in [2.05, 4.69) is 0 Å². The summed E-state index contributed by atoms with van der Waals surface area (Å²) in [5, 5.41) is 0. The molecule has 0 spiro atoms. The minimum Gasteiger partial charge on any atom is -0.497 e. The maximum atomic E-state index is 12.3. The largest absolute Gasteiger partial charge is 0.497 e. The number of ketones is 1. The molecule has 0 radical (unpaired) electrons. The summed E-state index contributed by atoms with van der Waals surface area (Å²) in [6, 6.07) is 10.4. The van der Waals surface area contributed by atoms with Gasteiger partial charge in [-0.3, -0.25) is 4.79 Å². The van der Waals surface area contributed by atoms with Gasteiger partial charge in [0.15, 0.2) is 6.61 Å². The van der Waals surface area contributed by atoms with Crippen molar-refractivity contribution in [1.29, 1.82) is 0 Å². The van der Waals surface area contributed by atoms with Gasteiger partial charge in [0, 0.05) is 5.56 Å². The van der Waals surface area contributed by atoms with Crippen LogP contribution in [-0.4, -0.2) is 25.5 Å². The molecule has 4 heteroatoms. The van der Waals surface area contributed by atoms with Crippen molar-refractivity contribution >= 4 is 11.8 Å². The van der Waals surface area contributed by atoms with Gasteiger partial charge in [-0.2, -0.15) is 0 Å². The lowest BCUT2D eigenvalue weighted by Gasteiger charge is -2.10. The summed E-state index contributed by atoms with van der Waals surface area (Å²) in [6.45, 7) is 5.55. The van der Waals surface area contributed by atoms with Gasteiger partial charge >= 0.3 is 5.97 Å². The van der Waals surface area contributed by atoms with E-state index in [1.165, 1.54) is 7.11 Å². The number of hydrogen-bond acceptors (Lipinski definition) is 4. The zero-order chi connectivity index (χ0) is 17.0. The molecule has 0 aromatic heterocycles. The Morgan fingerprint density at radius 2 is 1.65 bits per heavy atom. The second-order valence-electron chi connectivity index (χ2n) is 5.48. The molecule has 0 bridgehead atoms. The Balaban J connectivity index is 2.07. The highest BCUT2D eigenvalue weighted by atomic mass is 16.5. The quantitative estimate of drug-likeness (QED) is 0.624. The Labute approximate surface area is 136 Å². The van der Waals surface area contributed by atoms with Crippen LogP contribution in [-0.2, 0) is 4.74 Å². The van der Waals surface area contributed by atoms with Crippen LogP contribution < -0.4 is 4.74 Å². The normalized spacial score (nSPS) is 10.3. The summed E-state index contributed by atoms with van der Waals surface area (Å²) >= 11 is 0. The Morgan fingerprint density at radius 1 is 0.957 bits per heavy atom. The van der Waals surface area contributed by atoms with Gasteiger partial charge in [-0.25, -0.2) is 4.79 Å². The van der Waals surface area contributed by atoms with Crippen LogP contribution in [0.3, 0.4) is 0 Å². The summed E-state index contributed by atoms with van der Waals surface area (Å²) in [5.41, 5.74) is 4.00. The van der Waals surface area contributed by atoms with Gasteiger partial charge in [0.05, 0.1) is 12.7 Å². The van der Waals surface area contributed by atoms with Crippen molar-refractivity contribution in [2.75, 3.05) is 13.7 Å². The lowest BCUT2D eigenvalue weighted by Crippen LogP contribution is -2.15. The highest BCUT2D eigenvalue weighted by Crippen LogP contribution is 2.17. The monoisotopic (exact) mass is 312 g/mol. The molecule has 0 fully saturated rings. The summed E-state index contributed by atoms with van der Waals surface area (Å²) in [4.78, 5) is 24.3. The molecular formula is C19H20O4. The molecule has 0 atom stereocenters. The second kappa shape index (κ2) is 7.09. The van der Waals surface area contributed by atoms with Gasteiger partial charge in [0.1, 0.15) is 5.75 Å². The van der Waals surface area contributed by atoms with Gasteiger partial charge < -0.3 is 9.47 Å². The highest BCUT2D eigenvalue weighted by Gasteiger charge is 2.15. The first-order valence-electron chi connectivity index (χ1n) is 7.34. The van der Waals surface area contributed by atoms with Crippen molar-refractivity contribution in [2.45, 2.75) is 20.8 Å².